The van der Waals surface area contributed by atoms with Crippen LogP contribution in [0.25, 0.3) is 22.2 Å². The van der Waals surface area contributed by atoms with Crippen LogP contribution in [-0.4, -0.2) is 40.9 Å². The first-order valence-corrected chi connectivity index (χ1v) is 14.0. The molecule has 1 saturated carbocycles. The molecule has 1 aliphatic carbocycles. The smallest absolute Gasteiger partial charge is 0.227 e. The lowest BCUT2D eigenvalue weighted by molar-refractivity contribution is -0.120. The number of rotatable bonds is 6. The Kier molecular flexibility index (Phi) is 7.08. The second-order valence-corrected chi connectivity index (χ2v) is 10.9. The Bertz CT molecular complexity index is 1530. The summed E-state index contributed by atoms with van der Waals surface area (Å²) in [5.41, 5.74) is 5.22. The average molecular weight is 547 g/mol. The molecule has 210 valence electrons. The zero-order chi connectivity index (χ0) is 28.0. The molecular formula is C31H35FN4O4. The Morgan fingerprint density at radius 3 is 2.50 bits per heavy atom. The largest absolute Gasteiger partial charge is 0.494 e. The molecule has 6 rings (SSSR count). The highest BCUT2D eigenvalue weighted by Gasteiger charge is 2.36. The summed E-state index contributed by atoms with van der Waals surface area (Å²) in [5, 5.41) is 4.13. The average Bonchev–Trinajstić information content (AvgIpc) is 3.51. The van der Waals surface area contributed by atoms with Crippen LogP contribution in [0.5, 0.6) is 5.75 Å². The van der Waals surface area contributed by atoms with E-state index >= 15 is 0 Å². The van der Waals surface area contributed by atoms with Crippen molar-refractivity contribution >= 4 is 22.6 Å². The minimum atomic E-state index is -0.493. The van der Waals surface area contributed by atoms with Crippen LogP contribution < -0.4 is 9.64 Å². The van der Waals surface area contributed by atoms with Gasteiger partial charge < -0.3 is 23.5 Å². The van der Waals surface area contributed by atoms with Gasteiger partial charge in [0.05, 0.1) is 36.0 Å². The van der Waals surface area contributed by atoms with Crippen molar-refractivity contribution in [1.82, 2.24) is 14.7 Å². The number of benzene rings is 2. The molecule has 0 radical (unpaired) electrons. The lowest BCUT2D eigenvalue weighted by Crippen LogP contribution is -2.40. The van der Waals surface area contributed by atoms with Gasteiger partial charge in [-0.2, -0.15) is 0 Å². The van der Waals surface area contributed by atoms with Crippen LogP contribution in [0, 0.1) is 19.7 Å². The number of aromatic nitrogens is 3. The van der Waals surface area contributed by atoms with E-state index in [1.807, 2.05) is 13.8 Å². The number of halogens is 1. The van der Waals surface area contributed by atoms with Gasteiger partial charge in [-0.05, 0) is 82.2 Å². The monoisotopic (exact) mass is 546 g/mol. The van der Waals surface area contributed by atoms with Crippen LogP contribution in [0.15, 0.2) is 40.9 Å². The lowest BCUT2D eigenvalue weighted by Gasteiger charge is -2.37. The molecule has 2 fully saturated rings. The summed E-state index contributed by atoms with van der Waals surface area (Å²) in [6, 6.07) is 10.9. The Morgan fingerprint density at radius 2 is 1.82 bits per heavy atom. The van der Waals surface area contributed by atoms with Gasteiger partial charge in [0.25, 0.3) is 0 Å². The van der Waals surface area contributed by atoms with Crippen molar-refractivity contribution < 1.29 is 23.2 Å². The summed E-state index contributed by atoms with van der Waals surface area (Å²) in [5.74, 6) is 1.24. The molecule has 0 unspecified atom stereocenters. The van der Waals surface area contributed by atoms with Crippen LogP contribution in [-0.2, 0) is 9.53 Å². The Morgan fingerprint density at radius 1 is 1.02 bits per heavy atom. The maximum Gasteiger partial charge on any atom is 0.227 e. The van der Waals surface area contributed by atoms with Crippen molar-refractivity contribution in [2.45, 2.75) is 77.0 Å². The number of piperidine rings is 1. The highest BCUT2D eigenvalue weighted by atomic mass is 19.1. The number of fused-ring (bicyclic) bond motifs is 1. The Balaban J connectivity index is 1.49. The summed E-state index contributed by atoms with van der Waals surface area (Å²) in [7, 11) is 3.21. The number of anilines is 1. The van der Waals surface area contributed by atoms with Gasteiger partial charge in [-0.1, -0.05) is 11.2 Å². The summed E-state index contributed by atoms with van der Waals surface area (Å²) in [6.45, 7) is 3.85. The van der Waals surface area contributed by atoms with Gasteiger partial charge >= 0.3 is 0 Å². The van der Waals surface area contributed by atoms with Crippen LogP contribution in [0.1, 0.15) is 74.3 Å². The van der Waals surface area contributed by atoms with Gasteiger partial charge in [0.2, 0.25) is 5.91 Å². The lowest BCUT2D eigenvalue weighted by atomic mass is 9.91. The second kappa shape index (κ2) is 10.7. The fourth-order valence-corrected chi connectivity index (χ4v) is 6.57. The number of hydrogen-bond acceptors (Lipinski definition) is 6. The number of hydrogen-bond donors (Lipinski definition) is 0. The van der Waals surface area contributed by atoms with E-state index in [9.17, 15) is 9.18 Å². The fourth-order valence-electron chi connectivity index (χ4n) is 6.57. The maximum atomic E-state index is 14.8. The van der Waals surface area contributed by atoms with E-state index in [4.69, 9.17) is 19.0 Å². The van der Waals surface area contributed by atoms with Gasteiger partial charge in [0, 0.05) is 36.9 Å². The highest BCUT2D eigenvalue weighted by molar-refractivity contribution is 5.95. The topological polar surface area (TPSA) is 82.6 Å². The van der Waals surface area contributed by atoms with E-state index < -0.39 is 5.82 Å². The molecule has 2 aliphatic rings. The normalized spacial score (nSPS) is 21.8. The SMILES string of the molecule is COc1ccc(N2C(=O)CCC[C@H]2c2nc3cc(-c4c(C)noc4C)ccc3n2[C@H]2CC[C@H](OC)CC2)cc1F. The number of carbonyl (C=O) groups excluding carboxylic acids is 1. The van der Waals surface area contributed by atoms with Crippen molar-refractivity contribution in [1.29, 1.82) is 0 Å². The molecule has 0 bridgehead atoms. The van der Waals surface area contributed by atoms with Crippen LogP contribution in [0.3, 0.4) is 0 Å². The third-order valence-corrected chi connectivity index (χ3v) is 8.54. The van der Waals surface area contributed by atoms with E-state index in [0.29, 0.717) is 12.1 Å². The van der Waals surface area contributed by atoms with E-state index in [1.165, 1.54) is 13.2 Å². The van der Waals surface area contributed by atoms with Crippen molar-refractivity contribution in [3.8, 4) is 16.9 Å². The molecule has 1 amide bonds. The number of imidazole rings is 1. The molecule has 0 spiro atoms. The summed E-state index contributed by atoms with van der Waals surface area (Å²) in [6.07, 6.45) is 6.02. The zero-order valence-corrected chi connectivity index (χ0v) is 23.4. The quantitative estimate of drug-likeness (QED) is 0.263. The molecule has 1 atom stereocenters. The van der Waals surface area contributed by atoms with Crippen LogP contribution in [0.2, 0.25) is 0 Å². The number of methoxy groups -OCH3 is 2. The number of amides is 1. The third kappa shape index (κ3) is 4.56. The number of aryl methyl sites for hydroxylation is 2. The van der Waals surface area contributed by atoms with E-state index in [1.54, 1.807) is 24.1 Å². The zero-order valence-electron chi connectivity index (χ0n) is 23.4. The van der Waals surface area contributed by atoms with Gasteiger partial charge in [0.15, 0.2) is 11.6 Å². The molecule has 2 aromatic heterocycles. The fraction of sp³-hybridized carbons (Fsp3) is 0.452. The van der Waals surface area contributed by atoms with Gasteiger partial charge in [-0.3, -0.25) is 4.79 Å². The molecule has 1 aliphatic heterocycles. The number of carbonyl (C=O) groups is 1. The molecule has 3 heterocycles. The molecule has 8 nitrogen and oxygen atoms in total. The molecular weight excluding hydrogens is 511 g/mol. The highest BCUT2D eigenvalue weighted by Crippen LogP contribution is 2.42. The van der Waals surface area contributed by atoms with E-state index in [2.05, 4.69) is 27.9 Å². The van der Waals surface area contributed by atoms with Crippen molar-refractivity contribution in [2.75, 3.05) is 19.1 Å². The first-order chi connectivity index (χ1) is 19.4. The molecule has 40 heavy (non-hydrogen) atoms. The second-order valence-electron chi connectivity index (χ2n) is 10.9. The third-order valence-electron chi connectivity index (χ3n) is 8.54. The van der Waals surface area contributed by atoms with Crippen molar-refractivity contribution in [3.05, 3.63) is 59.5 Å². The maximum absolute atomic E-state index is 14.8. The summed E-state index contributed by atoms with van der Waals surface area (Å²) < 4.78 is 33.4. The van der Waals surface area contributed by atoms with Gasteiger partial charge in [0.1, 0.15) is 11.6 Å². The molecule has 2 aromatic carbocycles. The molecule has 0 N–H and O–H groups in total. The summed E-state index contributed by atoms with van der Waals surface area (Å²) in [4.78, 5) is 20.4. The van der Waals surface area contributed by atoms with Gasteiger partial charge in [-0.25, -0.2) is 9.37 Å². The first-order valence-electron chi connectivity index (χ1n) is 14.0. The van der Waals surface area contributed by atoms with E-state index in [-0.39, 0.29) is 29.8 Å². The number of ether oxygens (including phenoxy) is 2. The molecule has 9 heteroatoms. The predicted molar refractivity (Wildman–Crippen MR) is 150 cm³/mol. The summed E-state index contributed by atoms with van der Waals surface area (Å²) >= 11 is 0. The standard InChI is InChI=1S/C31H35FN4O4/c1-18-30(19(2)40-34-18)20-8-14-26-25(16-20)33-31(36(26)21-9-12-23(38-3)13-10-21)27-6-5-7-29(37)35(27)22-11-15-28(39-4)24(32)17-22/h8,11,14-17,21,23,27H,5-7,9-10,12-13H2,1-4H3/t21-,23-,27-/m0/s1. The van der Waals surface area contributed by atoms with Crippen LogP contribution >= 0.6 is 0 Å². The van der Waals surface area contributed by atoms with E-state index in [0.717, 1.165) is 78.0 Å². The van der Waals surface area contributed by atoms with Crippen molar-refractivity contribution in [2.24, 2.45) is 0 Å². The Labute approximate surface area is 233 Å². The predicted octanol–water partition coefficient (Wildman–Crippen LogP) is 6.84. The van der Waals surface area contributed by atoms with Crippen molar-refractivity contribution in [3.63, 3.8) is 0 Å². The van der Waals surface area contributed by atoms with Crippen LogP contribution in [0.4, 0.5) is 10.1 Å². The molecule has 1 saturated heterocycles. The first kappa shape index (κ1) is 26.5. The van der Waals surface area contributed by atoms with Gasteiger partial charge in [-0.15, -0.1) is 0 Å². The minimum Gasteiger partial charge on any atom is -0.494 e. The molecule has 4 aromatic rings. The minimum absolute atomic E-state index is 0.0288. The number of nitrogens with zero attached hydrogens (tertiary/aromatic N) is 4. The Hall–Kier alpha value is -3.72.